The van der Waals surface area contributed by atoms with E-state index < -0.39 is 0 Å². The highest BCUT2D eigenvalue weighted by molar-refractivity contribution is 5.94. The van der Waals surface area contributed by atoms with Crippen molar-refractivity contribution in [1.29, 1.82) is 0 Å². The van der Waals surface area contributed by atoms with E-state index in [0.717, 1.165) is 31.6 Å². The van der Waals surface area contributed by atoms with Gasteiger partial charge in [-0.05, 0) is 62.3 Å². The first-order chi connectivity index (χ1) is 11.8. The Morgan fingerprint density at radius 2 is 2.08 bits per heavy atom. The molecule has 0 bridgehead atoms. The number of nitrogens with zero attached hydrogens (tertiary/aromatic N) is 2. The van der Waals surface area contributed by atoms with E-state index in [0.29, 0.717) is 11.5 Å². The third kappa shape index (κ3) is 4.11. The third-order valence-corrected chi connectivity index (χ3v) is 4.31. The first-order valence-electron chi connectivity index (χ1n) is 8.49. The monoisotopic (exact) mass is 325 g/mol. The van der Waals surface area contributed by atoms with Crippen LogP contribution in [0.3, 0.4) is 0 Å². The topological polar surface area (TPSA) is 54.5 Å². The number of ether oxygens (including phenoxy) is 1. The molecule has 3 rings (SSSR count). The number of nitrogens with one attached hydrogen (secondary N) is 1. The van der Waals surface area contributed by atoms with E-state index in [1.54, 1.807) is 12.4 Å². The number of pyridine rings is 1. The second-order valence-electron chi connectivity index (χ2n) is 5.94. The Hall–Kier alpha value is -2.40. The Bertz CT molecular complexity index is 658. The van der Waals surface area contributed by atoms with Crippen LogP contribution in [0, 0.1) is 0 Å². The Labute approximate surface area is 142 Å². The second kappa shape index (κ2) is 7.93. The van der Waals surface area contributed by atoms with Crippen molar-refractivity contribution in [2.45, 2.75) is 32.2 Å². The smallest absolute Gasteiger partial charge is 0.241 e. The van der Waals surface area contributed by atoms with Crippen molar-refractivity contribution < 1.29 is 9.53 Å². The van der Waals surface area contributed by atoms with Crippen molar-refractivity contribution in [2.24, 2.45) is 0 Å². The van der Waals surface area contributed by atoms with Gasteiger partial charge in [0, 0.05) is 11.9 Å². The lowest BCUT2D eigenvalue weighted by Gasteiger charge is -2.33. The molecule has 5 heteroatoms. The second-order valence-corrected chi connectivity index (χ2v) is 5.94. The number of amides is 1. The summed E-state index contributed by atoms with van der Waals surface area (Å²) >= 11 is 0. The molecule has 1 N–H and O–H groups in total. The van der Waals surface area contributed by atoms with Crippen LogP contribution >= 0.6 is 0 Å². The van der Waals surface area contributed by atoms with Crippen LogP contribution in [0.4, 0.5) is 5.69 Å². The molecule has 126 valence electrons. The number of hydrogen-bond donors (Lipinski definition) is 1. The molecule has 1 amide bonds. The lowest BCUT2D eigenvalue weighted by Crippen LogP contribution is -2.46. The van der Waals surface area contributed by atoms with Crippen molar-refractivity contribution in [3.05, 3.63) is 48.8 Å². The summed E-state index contributed by atoms with van der Waals surface area (Å²) in [6.07, 6.45) is 6.60. The van der Waals surface area contributed by atoms with Gasteiger partial charge in [-0.3, -0.25) is 14.7 Å². The number of piperidine rings is 1. The van der Waals surface area contributed by atoms with Crippen LogP contribution in [0.25, 0.3) is 0 Å². The molecule has 2 heterocycles. The van der Waals surface area contributed by atoms with E-state index in [-0.39, 0.29) is 11.9 Å². The molecule has 1 unspecified atom stereocenters. The summed E-state index contributed by atoms with van der Waals surface area (Å²) < 4.78 is 5.71. The summed E-state index contributed by atoms with van der Waals surface area (Å²) in [5.74, 6) is 1.49. The van der Waals surface area contributed by atoms with Crippen molar-refractivity contribution in [2.75, 3.05) is 18.4 Å². The summed E-state index contributed by atoms with van der Waals surface area (Å²) in [7, 11) is 0. The van der Waals surface area contributed by atoms with E-state index in [1.165, 1.54) is 6.42 Å². The predicted molar refractivity (Wildman–Crippen MR) is 94.3 cm³/mol. The number of hydrogen-bond acceptors (Lipinski definition) is 4. The Balaban J connectivity index is 1.60. The number of anilines is 1. The van der Waals surface area contributed by atoms with Gasteiger partial charge in [0.2, 0.25) is 5.91 Å². The Morgan fingerprint density at radius 3 is 2.79 bits per heavy atom. The van der Waals surface area contributed by atoms with Crippen molar-refractivity contribution in [3.8, 4) is 11.5 Å². The van der Waals surface area contributed by atoms with Crippen LogP contribution in [0.2, 0.25) is 0 Å². The van der Waals surface area contributed by atoms with Gasteiger partial charge in [-0.15, -0.1) is 0 Å². The van der Waals surface area contributed by atoms with E-state index in [2.05, 4.69) is 22.1 Å². The van der Waals surface area contributed by atoms with Crippen LogP contribution in [0.1, 0.15) is 26.2 Å². The van der Waals surface area contributed by atoms with Crippen molar-refractivity contribution in [3.63, 3.8) is 0 Å². The molecule has 1 atom stereocenters. The number of likely N-dealkylation sites (tertiary alicyclic amines) is 1. The number of carbonyl (C=O) groups is 1. The zero-order valence-corrected chi connectivity index (χ0v) is 13.9. The quantitative estimate of drug-likeness (QED) is 0.911. The number of likely N-dealkylation sites (N-methyl/N-ethyl adjacent to an activating group) is 1. The van der Waals surface area contributed by atoms with Gasteiger partial charge >= 0.3 is 0 Å². The number of aromatic nitrogens is 1. The molecule has 1 aromatic heterocycles. The van der Waals surface area contributed by atoms with Gasteiger partial charge in [0.15, 0.2) is 0 Å². The highest BCUT2D eigenvalue weighted by atomic mass is 16.5. The minimum atomic E-state index is -0.0185. The molecule has 0 radical (unpaired) electrons. The largest absolute Gasteiger partial charge is 0.456 e. The molecular weight excluding hydrogens is 302 g/mol. The zero-order valence-electron chi connectivity index (χ0n) is 13.9. The average molecular weight is 325 g/mol. The van der Waals surface area contributed by atoms with E-state index in [9.17, 15) is 4.79 Å². The van der Waals surface area contributed by atoms with Crippen LogP contribution in [0.5, 0.6) is 11.5 Å². The first kappa shape index (κ1) is 16.5. The van der Waals surface area contributed by atoms with Crippen LogP contribution in [-0.4, -0.2) is 34.9 Å². The summed E-state index contributed by atoms with van der Waals surface area (Å²) in [6.45, 7) is 4.03. The normalized spacial score (nSPS) is 18.1. The lowest BCUT2D eigenvalue weighted by molar-refractivity contribution is -0.122. The molecule has 1 aliphatic rings. The Kier molecular flexibility index (Phi) is 5.43. The van der Waals surface area contributed by atoms with Gasteiger partial charge in [-0.2, -0.15) is 0 Å². The fourth-order valence-corrected chi connectivity index (χ4v) is 3.04. The maximum absolute atomic E-state index is 12.5. The molecule has 5 nitrogen and oxygen atoms in total. The minimum absolute atomic E-state index is 0.0185. The molecule has 2 aromatic rings. The maximum atomic E-state index is 12.5. The first-order valence-corrected chi connectivity index (χ1v) is 8.49. The van der Waals surface area contributed by atoms with Crippen molar-refractivity contribution in [1.82, 2.24) is 9.88 Å². The molecule has 0 spiro atoms. The van der Waals surface area contributed by atoms with Crippen LogP contribution in [-0.2, 0) is 4.79 Å². The fourth-order valence-electron chi connectivity index (χ4n) is 3.04. The van der Waals surface area contributed by atoms with Crippen molar-refractivity contribution >= 4 is 11.6 Å². The summed E-state index contributed by atoms with van der Waals surface area (Å²) in [5.41, 5.74) is 0.792. The Morgan fingerprint density at radius 1 is 1.25 bits per heavy atom. The molecule has 1 fully saturated rings. The summed E-state index contributed by atoms with van der Waals surface area (Å²) in [6, 6.07) is 11.1. The average Bonchev–Trinajstić information content (AvgIpc) is 2.64. The van der Waals surface area contributed by atoms with Gasteiger partial charge in [-0.25, -0.2) is 0 Å². The number of carbonyl (C=O) groups excluding carboxylic acids is 1. The highest BCUT2D eigenvalue weighted by Crippen LogP contribution is 2.23. The minimum Gasteiger partial charge on any atom is -0.456 e. The summed E-state index contributed by atoms with van der Waals surface area (Å²) in [4.78, 5) is 18.8. The van der Waals surface area contributed by atoms with E-state index in [4.69, 9.17) is 4.74 Å². The molecule has 1 aliphatic heterocycles. The number of benzene rings is 1. The van der Waals surface area contributed by atoms with Gasteiger partial charge in [-0.1, -0.05) is 13.3 Å². The molecular formula is C19H23N3O2. The molecule has 0 aliphatic carbocycles. The molecule has 1 aromatic carbocycles. The SMILES string of the molecule is CCN1CCCCC1C(=O)Nc1ccc(Oc2cccnc2)cc1. The van der Waals surface area contributed by atoms with Crippen LogP contribution < -0.4 is 10.1 Å². The number of rotatable bonds is 5. The lowest BCUT2D eigenvalue weighted by atomic mass is 10.0. The molecule has 1 saturated heterocycles. The predicted octanol–water partition coefficient (Wildman–Crippen LogP) is 3.69. The third-order valence-electron chi connectivity index (χ3n) is 4.31. The standard InChI is InChI=1S/C19H23N3O2/c1-2-22-13-4-3-7-18(22)19(23)21-15-8-10-16(11-9-15)24-17-6-5-12-20-14-17/h5-6,8-12,14,18H,2-4,7,13H2,1H3,(H,21,23). The van der Waals surface area contributed by atoms with Gasteiger partial charge in [0.25, 0.3) is 0 Å². The molecule has 0 saturated carbocycles. The van der Waals surface area contributed by atoms with Gasteiger partial charge < -0.3 is 10.1 Å². The summed E-state index contributed by atoms with van der Waals surface area (Å²) in [5, 5.41) is 3.02. The zero-order chi connectivity index (χ0) is 16.8. The van der Waals surface area contributed by atoms with E-state index in [1.807, 2.05) is 36.4 Å². The maximum Gasteiger partial charge on any atom is 0.241 e. The van der Waals surface area contributed by atoms with Crippen LogP contribution in [0.15, 0.2) is 48.8 Å². The highest BCUT2D eigenvalue weighted by Gasteiger charge is 2.27. The van der Waals surface area contributed by atoms with Gasteiger partial charge in [0.05, 0.1) is 12.2 Å². The molecule has 24 heavy (non-hydrogen) atoms. The van der Waals surface area contributed by atoms with E-state index >= 15 is 0 Å². The fraction of sp³-hybridized carbons (Fsp3) is 0.368. The van der Waals surface area contributed by atoms with Gasteiger partial charge in [0.1, 0.15) is 11.5 Å².